The molecule has 0 saturated carbocycles. The molecule has 18 heavy (non-hydrogen) atoms. The summed E-state index contributed by atoms with van der Waals surface area (Å²) in [6.45, 7) is 6.01. The van der Waals surface area contributed by atoms with Crippen molar-refractivity contribution in [3.63, 3.8) is 0 Å². The highest BCUT2D eigenvalue weighted by Crippen LogP contribution is 2.23. The summed E-state index contributed by atoms with van der Waals surface area (Å²) in [7, 11) is 0. The van der Waals surface area contributed by atoms with Gasteiger partial charge in [-0.3, -0.25) is 4.79 Å². The van der Waals surface area contributed by atoms with E-state index in [1.807, 2.05) is 13.8 Å². The monoisotopic (exact) mass is 272 g/mol. The van der Waals surface area contributed by atoms with E-state index >= 15 is 0 Å². The van der Waals surface area contributed by atoms with E-state index in [0.29, 0.717) is 18.6 Å². The van der Waals surface area contributed by atoms with Crippen molar-refractivity contribution in [1.82, 2.24) is 0 Å². The molecule has 1 aromatic rings. The van der Waals surface area contributed by atoms with Crippen LogP contribution in [0.5, 0.6) is 0 Å². The standard InChI is InChI=1S/C14H18ClFO2/c1-4-14(3,18-5-2)13(17)8-10-6-7-11(16)9-12(10)15/h6-7,9H,4-5,8H2,1-3H3. The van der Waals surface area contributed by atoms with Crippen LogP contribution in [0.2, 0.25) is 5.02 Å². The second-order valence-electron chi connectivity index (χ2n) is 4.35. The molecule has 100 valence electrons. The number of Topliss-reactive ketones (excluding diaryl/α,β-unsaturated/α-hetero) is 1. The van der Waals surface area contributed by atoms with E-state index < -0.39 is 11.4 Å². The number of rotatable bonds is 6. The number of halogens is 2. The zero-order valence-electron chi connectivity index (χ0n) is 10.9. The first kappa shape index (κ1) is 15.1. The fraction of sp³-hybridized carbons (Fsp3) is 0.500. The van der Waals surface area contributed by atoms with Crippen LogP contribution in [0.1, 0.15) is 32.8 Å². The third kappa shape index (κ3) is 3.53. The summed E-state index contributed by atoms with van der Waals surface area (Å²) in [5.41, 5.74) is -0.172. The second-order valence-corrected chi connectivity index (χ2v) is 4.76. The van der Waals surface area contributed by atoms with Crippen molar-refractivity contribution < 1.29 is 13.9 Å². The van der Waals surface area contributed by atoms with Crippen LogP contribution < -0.4 is 0 Å². The fourth-order valence-corrected chi connectivity index (χ4v) is 1.96. The number of ketones is 1. The Balaban J connectivity index is 2.86. The van der Waals surface area contributed by atoms with Gasteiger partial charge in [-0.05, 0) is 38.0 Å². The molecule has 1 rings (SSSR count). The Morgan fingerprint density at radius 1 is 1.44 bits per heavy atom. The maximum Gasteiger partial charge on any atom is 0.168 e. The largest absolute Gasteiger partial charge is 0.368 e. The molecular formula is C14H18ClFO2. The first-order valence-corrected chi connectivity index (χ1v) is 6.42. The van der Waals surface area contributed by atoms with E-state index in [0.717, 1.165) is 0 Å². The van der Waals surface area contributed by atoms with Crippen LogP contribution in [0.4, 0.5) is 4.39 Å². The van der Waals surface area contributed by atoms with E-state index in [1.54, 1.807) is 6.92 Å². The summed E-state index contributed by atoms with van der Waals surface area (Å²) in [6, 6.07) is 4.06. The molecule has 0 aromatic heterocycles. The van der Waals surface area contributed by atoms with Crippen LogP contribution in [0.25, 0.3) is 0 Å². The highest BCUT2D eigenvalue weighted by Gasteiger charge is 2.31. The Labute approximate surface area is 112 Å². The predicted molar refractivity (Wildman–Crippen MR) is 70.4 cm³/mol. The van der Waals surface area contributed by atoms with Crippen LogP contribution in [0, 0.1) is 5.82 Å². The molecule has 0 saturated heterocycles. The number of ether oxygens (including phenoxy) is 1. The Bertz CT molecular complexity index is 434. The van der Waals surface area contributed by atoms with Crippen molar-refractivity contribution in [3.8, 4) is 0 Å². The first-order valence-electron chi connectivity index (χ1n) is 6.04. The lowest BCUT2D eigenvalue weighted by Gasteiger charge is -2.26. The van der Waals surface area contributed by atoms with Crippen LogP contribution in [0.3, 0.4) is 0 Å². The molecule has 1 unspecified atom stereocenters. The number of hydrogen-bond acceptors (Lipinski definition) is 2. The quantitative estimate of drug-likeness (QED) is 0.787. The minimum absolute atomic E-state index is 0.0413. The Morgan fingerprint density at radius 3 is 2.61 bits per heavy atom. The summed E-state index contributed by atoms with van der Waals surface area (Å²) in [6.07, 6.45) is 0.752. The number of carbonyl (C=O) groups excluding carboxylic acids is 1. The van der Waals surface area contributed by atoms with Crippen molar-refractivity contribution in [2.24, 2.45) is 0 Å². The molecule has 0 aliphatic carbocycles. The van der Waals surface area contributed by atoms with E-state index in [-0.39, 0.29) is 17.2 Å². The molecule has 0 aliphatic heterocycles. The highest BCUT2D eigenvalue weighted by molar-refractivity contribution is 6.31. The molecule has 2 nitrogen and oxygen atoms in total. The van der Waals surface area contributed by atoms with Crippen LogP contribution in [0.15, 0.2) is 18.2 Å². The summed E-state index contributed by atoms with van der Waals surface area (Å²) < 4.78 is 18.4. The molecule has 4 heteroatoms. The van der Waals surface area contributed by atoms with E-state index in [9.17, 15) is 9.18 Å². The predicted octanol–water partition coefficient (Wildman–Crippen LogP) is 3.80. The Morgan fingerprint density at radius 2 is 2.11 bits per heavy atom. The van der Waals surface area contributed by atoms with E-state index in [4.69, 9.17) is 16.3 Å². The van der Waals surface area contributed by atoms with Gasteiger partial charge < -0.3 is 4.74 Å². The maximum atomic E-state index is 12.9. The normalized spacial score (nSPS) is 14.3. The van der Waals surface area contributed by atoms with Gasteiger partial charge in [-0.25, -0.2) is 4.39 Å². The summed E-state index contributed by atoms with van der Waals surface area (Å²) in [5.74, 6) is -0.445. The highest BCUT2D eigenvalue weighted by atomic mass is 35.5. The van der Waals surface area contributed by atoms with Gasteiger partial charge in [0.1, 0.15) is 11.4 Å². The average Bonchev–Trinajstić information content (AvgIpc) is 2.32. The lowest BCUT2D eigenvalue weighted by molar-refractivity contribution is -0.141. The van der Waals surface area contributed by atoms with Crippen molar-refractivity contribution in [2.75, 3.05) is 6.61 Å². The molecule has 0 fully saturated rings. The van der Waals surface area contributed by atoms with Gasteiger partial charge in [-0.1, -0.05) is 24.6 Å². The van der Waals surface area contributed by atoms with Crippen molar-refractivity contribution in [2.45, 2.75) is 39.2 Å². The Hall–Kier alpha value is -0.930. The molecule has 0 amide bonds. The molecule has 0 radical (unpaired) electrons. The minimum Gasteiger partial charge on any atom is -0.368 e. The second kappa shape index (κ2) is 6.30. The van der Waals surface area contributed by atoms with Crippen LogP contribution in [-0.4, -0.2) is 18.0 Å². The van der Waals surface area contributed by atoms with Gasteiger partial charge in [0.2, 0.25) is 0 Å². The molecule has 0 heterocycles. The van der Waals surface area contributed by atoms with E-state index in [1.165, 1.54) is 18.2 Å². The molecule has 1 aromatic carbocycles. The smallest absolute Gasteiger partial charge is 0.168 e. The third-order valence-corrected chi connectivity index (χ3v) is 3.45. The number of hydrogen-bond donors (Lipinski definition) is 0. The van der Waals surface area contributed by atoms with Crippen LogP contribution >= 0.6 is 11.6 Å². The summed E-state index contributed by atoms with van der Waals surface area (Å²) in [4.78, 5) is 12.2. The van der Waals surface area contributed by atoms with Gasteiger partial charge in [0, 0.05) is 18.1 Å². The maximum absolute atomic E-state index is 12.9. The Kier molecular flexibility index (Phi) is 5.29. The van der Waals surface area contributed by atoms with Gasteiger partial charge in [0.15, 0.2) is 5.78 Å². The third-order valence-electron chi connectivity index (χ3n) is 3.09. The molecular weight excluding hydrogens is 255 g/mol. The summed E-state index contributed by atoms with van der Waals surface area (Å²) in [5, 5.41) is 0.276. The van der Waals surface area contributed by atoms with Gasteiger partial charge in [-0.2, -0.15) is 0 Å². The van der Waals surface area contributed by atoms with Crippen molar-refractivity contribution >= 4 is 17.4 Å². The van der Waals surface area contributed by atoms with Crippen LogP contribution in [-0.2, 0) is 16.0 Å². The van der Waals surface area contributed by atoms with Gasteiger partial charge >= 0.3 is 0 Å². The minimum atomic E-state index is -0.799. The van der Waals surface area contributed by atoms with Gasteiger partial charge in [0.25, 0.3) is 0 Å². The molecule has 0 aliphatic rings. The lowest BCUT2D eigenvalue weighted by atomic mass is 9.92. The zero-order chi connectivity index (χ0) is 13.8. The lowest BCUT2D eigenvalue weighted by Crippen LogP contribution is -2.39. The zero-order valence-corrected chi connectivity index (χ0v) is 11.7. The molecule has 0 bridgehead atoms. The topological polar surface area (TPSA) is 26.3 Å². The molecule has 0 N–H and O–H groups in total. The summed E-state index contributed by atoms with van der Waals surface area (Å²) >= 11 is 5.91. The van der Waals surface area contributed by atoms with Crippen molar-refractivity contribution in [3.05, 3.63) is 34.6 Å². The molecule has 1 atom stereocenters. The van der Waals surface area contributed by atoms with Gasteiger partial charge in [-0.15, -0.1) is 0 Å². The number of carbonyl (C=O) groups is 1. The average molecular weight is 273 g/mol. The van der Waals surface area contributed by atoms with Gasteiger partial charge in [0.05, 0.1) is 0 Å². The SMILES string of the molecule is CCOC(C)(CC)C(=O)Cc1ccc(F)cc1Cl. The molecule has 0 spiro atoms. The van der Waals surface area contributed by atoms with Crippen molar-refractivity contribution in [1.29, 1.82) is 0 Å². The first-order chi connectivity index (χ1) is 8.42. The fourth-order valence-electron chi connectivity index (χ4n) is 1.72. The number of benzene rings is 1. The van der Waals surface area contributed by atoms with E-state index in [2.05, 4.69) is 0 Å².